The van der Waals surface area contributed by atoms with Gasteiger partial charge in [-0.15, -0.1) is 11.8 Å². The second-order valence-corrected chi connectivity index (χ2v) is 13.6. The van der Waals surface area contributed by atoms with Crippen LogP contribution in [0.25, 0.3) is 11.2 Å². The molecule has 1 unspecified atom stereocenters. The van der Waals surface area contributed by atoms with Gasteiger partial charge in [-0.1, -0.05) is 18.2 Å². The lowest BCUT2D eigenvalue weighted by molar-refractivity contribution is -0.376. The Kier molecular flexibility index (Phi) is 9.82. The predicted octanol–water partition coefficient (Wildman–Crippen LogP) is 4.97. The van der Waals surface area contributed by atoms with Crippen molar-refractivity contribution in [2.24, 2.45) is 0 Å². The van der Waals surface area contributed by atoms with Crippen LogP contribution in [0.2, 0.25) is 0 Å². The molecule has 1 aliphatic rings. The van der Waals surface area contributed by atoms with Gasteiger partial charge in [-0.2, -0.15) is 26.3 Å². The predicted molar refractivity (Wildman–Crippen MR) is 159 cm³/mol. The maximum Gasteiger partial charge on any atom is 0.430 e. The Labute approximate surface area is 273 Å². The molecule has 4 aromatic rings. The van der Waals surface area contributed by atoms with Gasteiger partial charge in [0.2, 0.25) is 0 Å². The van der Waals surface area contributed by atoms with Gasteiger partial charge in [-0.3, -0.25) is 9.47 Å². The van der Waals surface area contributed by atoms with E-state index < -0.39 is 44.8 Å². The highest BCUT2D eigenvalue weighted by Gasteiger charge is 2.71. The number of fused-ring (bicyclic) bond motifs is 2. The average Bonchev–Trinajstić information content (AvgIpc) is 3.62. The smallest absolute Gasteiger partial charge is 0.427 e. The molecule has 258 valence electrons. The molecule has 0 fully saturated rings. The molecular formula is C28H26F6N6O6S2. The SMILES string of the molecule is COCCS(=O)(=O)c1ccc2c(c1)CN(C(=O)OCn1cnc3cncnc31)C2SCNc1ccc(C(O)(C(F)(F)F)C(F)(F)F)cc1. The Hall–Kier alpha value is -4.14. The van der Waals surface area contributed by atoms with Crippen molar-refractivity contribution in [3.63, 3.8) is 0 Å². The number of hydrogen-bond acceptors (Lipinski definition) is 11. The summed E-state index contributed by atoms with van der Waals surface area (Å²) in [5, 5.41) is 11.7. The van der Waals surface area contributed by atoms with Crippen molar-refractivity contribution in [3.8, 4) is 0 Å². The van der Waals surface area contributed by atoms with Crippen LogP contribution in [0.15, 0.2) is 66.2 Å². The lowest BCUT2D eigenvalue weighted by Gasteiger charge is -2.32. The molecule has 2 aromatic heterocycles. The molecule has 1 atom stereocenters. The van der Waals surface area contributed by atoms with E-state index in [1.807, 2.05) is 0 Å². The maximum atomic E-state index is 13.4. The number of alkyl halides is 6. The number of aliphatic hydroxyl groups is 1. The minimum atomic E-state index is -6.02. The maximum absolute atomic E-state index is 13.4. The monoisotopic (exact) mass is 720 g/mol. The standard InChI is InChI=1S/C28H26F6N6O6S2/c1-45-8-9-48(43,44)20-6-7-21-17(10-20)12-40(25(41)46-16-39-14-37-22-11-35-13-36-23(22)39)24(21)47-15-38-19-4-2-18(3-5-19)26(42,27(29,30)31)28(32,33)34/h2-7,10-11,13-14,24,38,42H,8-9,12,15-16H2,1H3. The fraction of sp³-hybridized carbons (Fsp3) is 0.357. The van der Waals surface area contributed by atoms with E-state index in [2.05, 4.69) is 20.3 Å². The van der Waals surface area contributed by atoms with Gasteiger partial charge in [0.25, 0.3) is 5.60 Å². The largest absolute Gasteiger partial charge is 0.430 e. The highest BCUT2D eigenvalue weighted by Crippen LogP contribution is 2.50. The molecule has 0 aliphatic carbocycles. The van der Waals surface area contributed by atoms with Crippen molar-refractivity contribution >= 4 is 44.5 Å². The topological polar surface area (TPSA) is 149 Å². The molecule has 1 aliphatic heterocycles. The fourth-order valence-electron chi connectivity index (χ4n) is 4.88. The fourth-order valence-corrected chi connectivity index (χ4v) is 7.25. The Balaban J connectivity index is 1.34. The number of halogens is 6. The van der Waals surface area contributed by atoms with E-state index in [4.69, 9.17) is 9.47 Å². The van der Waals surface area contributed by atoms with Crippen molar-refractivity contribution < 1.29 is 54.1 Å². The van der Waals surface area contributed by atoms with E-state index in [-0.39, 0.29) is 42.1 Å². The summed E-state index contributed by atoms with van der Waals surface area (Å²) in [5.74, 6) is -0.270. The molecule has 3 heterocycles. The summed E-state index contributed by atoms with van der Waals surface area (Å²) < 4.78 is 117. The van der Waals surface area contributed by atoms with Crippen LogP contribution in [0, 0.1) is 0 Å². The van der Waals surface area contributed by atoms with Crippen LogP contribution in [0.3, 0.4) is 0 Å². The van der Waals surface area contributed by atoms with Gasteiger partial charge >= 0.3 is 18.4 Å². The first-order valence-electron chi connectivity index (χ1n) is 13.8. The third kappa shape index (κ3) is 6.87. The first kappa shape index (κ1) is 35.2. The zero-order valence-electron chi connectivity index (χ0n) is 24.7. The Morgan fingerprint density at radius 3 is 2.46 bits per heavy atom. The number of hydrogen-bond donors (Lipinski definition) is 2. The second-order valence-electron chi connectivity index (χ2n) is 10.4. The number of anilines is 1. The molecule has 48 heavy (non-hydrogen) atoms. The zero-order valence-corrected chi connectivity index (χ0v) is 26.3. The van der Waals surface area contributed by atoms with Crippen LogP contribution in [0.1, 0.15) is 22.1 Å². The highest BCUT2D eigenvalue weighted by atomic mass is 32.2. The van der Waals surface area contributed by atoms with Gasteiger partial charge in [0.05, 0.1) is 42.2 Å². The highest BCUT2D eigenvalue weighted by molar-refractivity contribution is 7.99. The summed E-state index contributed by atoms with van der Waals surface area (Å²) in [6.07, 6.45) is -8.62. The van der Waals surface area contributed by atoms with Crippen LogP contribution in [-0.4, -0.2) is 81.7 Å². The number of carbonyl (C=O) groups is 1. The molecule has 0 saturated carbocycles. The number of benzene rings is 2. The van der Waals surface area contributed by atoms with Gasteiger partial charge in [0.1, 0.15) is 17.2 Å². The molecular weight excluding hydrogens is 694 g/mol. The van der Waals surface area contributed by atoms with Crippen molar-refractivity contribution in [2.75, 3.05) is 30.7 Å². The molecule has 0 saturated heterocycles. The summed E-state index contributed by atoms with van der Waals surface area (Å²) in [5.41, 5.74) is -4.36. The van der Waals surface area contributed by atoms with E-state index in [1.54, 1.807) is 6.07 Å². The Morgan fingerprint density at radius 1 is 1.08 bits per heavy atom. The Bertz CT molecular complexity index is 1870. The first-order chi connectivity index (χ1) is 22.6. The third-order valence-electron chi connectivity index (χ3n) is 7.40. The van der Waals surface area contributed by atoms with Gasteiger partial charge in [-0.25, -0.2) is 28.2 Å². The lowest BCUT2D eigenvalue weighted by atomic mass is 9.92. The summed E-state index contributed by atoms with van der Waals surface area (Å²) in [6, 6.07) is 7.34. The summed E-state index contributed by atoms with van der Waals surface area (Å²) in [7, 11) is -2.33. The van der Waals surface area contributed by atoms with Crippen LogP contribution in [0.5, 0.6) is 0 Å². The molecule has 0 radical (unpaired) electrons. The number of sulfone groups is 1. The minimum absolute atomic E-state index is 0.00693. The number of nitrogens with one attached hydrogen (secondary N) is 1. The van der Waals surface area contributed by atoms with Crippen molar-refractivity contribution in [1.82, 2.24) is 24.4 Å². The number of rotatable bonds is 11. The van der Waals surface area contributed by atoms with Gasteiger partial charge in [-0.05, 0) is 35.4 Å². The molecule has 12 nitrogen and oxygen atoms in total. The van der Waals surface area contributed by atoms with E-state index >= 15 is 0 Å². The van der Waals surface area contributed by atoms with E-state index in [9.17, 15) is 44.7 Å². The van der Waals surface area contributed by atoms with E-state index in [0.29, 0.717) is 34.4 Å². The zero-order chi connectivity index (χ0) is 34.9. The number of ether oxygens (including phenoxy) is 2. The average molecular weight is 721 g/mol. The second kappa shape index (κ2) is 13.4. The molecule has 0 bridgehead atoms. The van der Waals surface area contributed by atoms with Gasteiger partial charge < -0.3 is 19.9 Å². The Morgan fingerprint density at radius 2 is 1.79 bits per heavy atom. The molecule has 0 spiro atoms. The normalized spacial score (nSPS) is 15.5. The van der Waals surface area contributed by atoms with Gasteiger partial charge in [0.15, 0.2) is 22.2 Å². The molecule has 20 heteroatoms. The van der Waals surface area contributed by atoms with Crippen LogP contribution in [-0.2, 0) is 38.2 Å². The molecule has 5 rings (SSSR count). The van der Waals surface area contributed by atoms with Crippen LogP contribution < -0.4 is 5.32 Å². The van der Waals surface area contributed by atoms with Crippen molar-refractivity contribution in [2.45, 2.75) is 41.5 Å². The van der Waals surface area contributed by atoms with Crippen molar-refractivity contribution in [1.29, 1.82) is 0 Å². The van der Waals surface area contributed by atoms with Gasteiger partial charge in [0, 0.05) is 18.4 Å². The van der Waals surface area contributed by atoms with Crippen LogP contribution >= 0.6 is 11.8 Å². The number of methoxy groups -OCH3 is 1. The number of nitrogens with zero attached hydrogens (tertiary/aromatic N) is 5. The summed E-state index contributed by atoms with van der Waals surface area (Å²) in [4.78, 5) is 26.9. The number of carbonyl (C=O) groups excluding carboxylic acids is 1. The number of aromatic nitrogens is 4. The van der Waals surface area contributed by atoms with E-state index in [0.717, 1.165) is 23.9 Å². The molecule has 2 aromatic carbocycles. The molecule has 2 N–H and O–H groups in total. The molecule has 1 amide bonds. The van der Waals surface area contributed by atoms with E-state index in [1.165, 1.54) is 47.6 Å². The van der Waals surface area contributed by atoms with Crippen molar-refractivity contribution in [3.05, 3.63) is 78.0 Å². The number of thioether (sulfide) groups is 1. The van der Waals surface area contributed by atoms with Crippen LogP contribution in [0.4, 0.5) is 36.8 Å². The number of amides is 1. The lowest BCUT2D eigenvalue weighted by Crippen LogP contribution is -2.53. The first-order valence-corrected chi connectivity index (χ1v) is 16.5. The quantitative estimate of drug-likeness (QED) is 0.160. The third-order valence-corrected chi connectivity index (χ3v) is 10.2. The summed E-state index contributed by atoms with van der Waals surface area (Å²) in [6.45, 7) is -0.322. The summed E-state index contributed by atoms with van der Waals surface area (Å²) >= 11 is 1.12. The minimum Gasteiger partial charge on any atom is -0.427 e. The number of imidazole rings is 1.